The highest BCUT2D eigenvalue weighted by molar-refractivity contribution is 5.84. The summed E-state index contributed by atoms with van der Waals surface area (Å²) in [6, 6.07) is 0. The van der Waals surface area contributed by atoms with Gasteiger partial charge in [-0.05, 0) is 49.9 Å². The second-order valence-corrected chi connectivity index (χ2v) is 7.53. The van der Waals surface area contributed by atoms with Gasteiger partial charge in [0, 0.05) is 12.3 Å². The largest absolute Gasteiger partial charge is 0.386 e. The van der Waals surface area contributed by atoms with Crippen molar-refractivity contribution in [1.82, 2.24) is 0 Å². The molecule has 0 radical (unpaired) electrons. The fourth-order valence-electron chi connectivity index (χ4n) is 4.42. The minimum atomic E-state index is -0.656. The number of hydrogen-bond donors (Lipinski definition) is 1. The molecule has 1 N–H and O–H groups in total. The molecule has 0 heterocycles. The van der Waals surface area contributed by atoms with Gasteiger partial charge in [-0.3, -0.25) is 4.79 Å². The van der Waals surface area contributed by atoms with Crippen molar-refractivity contribution in [1.29, 1.82) is 0 Å². The Hall–Kier alpha value is -0.890. The summed E-state index contributed by atoms with van der Waals surface area (Å²) >= 11 is 0. The van der Waals surface area contributed by atoms with Crippen molar-refractivity contribution >= 4 is 5.78 Å². The normalized spacial score (nSPS) is 30.5. The topological polar surface area (TPSA) is 37.3 Å². The molecule has 2 aliphatic rings. The molecule has 3 atom stereocenters. The summed E-state index contributed by atoms with van der Waals surface area (Å²) in [7, 11) is 0. The van der Waals surface area contributed by atoms with Crippen LogP contribution in [0.3, 0.4) is 0 Å². The minimum Gasteiger partial charge on any atom is -0.386 e. The molecule has 0 aromatic heterocycles. The molecule has 0 aromatic rings. The molecule has 0 amide bonds. The van der Waals surface area contributed by atoms with Crippen molar-refractivity contribution in [2.45, 2.75) is 78.2 Å². The van der Waals surface area contributed by atoms with Crippen LogP contribution in [0, 0.1) is 17.3 Å². The van der Waals surface area contributed by atoms with E-state index in [1.807, 2.05) is 19.9 Å². The maximum absolute atomic E-state index is 12.2. The van der Waals surface area contributed by atoms with E-state index in [0.717, 1.165) is 44.9 Å². The van der Waals surface area contributed by atoms with E-state index in [4.69, 9.17) is 0 Å². The standard InChI is InChI=1S/C20H32O2/c1-5-20(22,6-2)14-7-9-15(3)16-11-12-17-18(21)10-8-13-19(16,17)4/h7,11,14-15,17,22H,5-6,8-10,12-13H2,1-4H3/b14-7+/t15-,17-,19+/m0/s1. The summed E-state index contributed by atoms with van der Waals surface area (Å²) < 4.78 is 0. The first kappa shape index (κ1) is 17.5. The lowest BCUT2D eigenvalue weighted by molar-refractivity contribution is -0.128. The van der Waals surface area contributed by atoms with Crippen LogP contribution in [0.4, 0.5) is 0 Å². The summed E-state index contributed by atoms with van der Waals surface area (Å²) in [5, 5.41) is 10.3. The smallest absolute Gasteiger partial charge is 0.137 e. The number of ketones is 1. The average Bonchev–Trinajstić information content (AvgIpc) is 2.85. The number of aliphatic hydroxyl groups is 1. The highest BCUT2D eigenvalue weighted by atomic mass is 16.3. The van der Waals surface area contributed by atoms with Crippen molar-refractivity contribution in [2.75, 3.05) is 0 Å². The Labute approximate surface area is 135 Å². The molecule has 0 aromatic carbocycles. The van der Waals surface area contributed by atoms with Crippen molar-refractivity contribution < 1.29 is 9.90 Å². The Kier molecular flexibility index (Phi) is 5.32. The summed E-state index contributed by atoms with van der Waals surface area (Å²) in [5.74, 6) is 1.15. The number of Topliss-reactive ketones (excluding diaryl/α,β-unsaturated/α-hetero) is 1. The fraction of sp³-hybridized carbons (Fsp3) is 0.750. The Morgan fingerprint density at radius 2 is 2.14 bits per heavy atom. The molecule has 0 spiro atoms. The molecule has 2 rings (SSSR count). The quantitative estimate of drug-likeness (QED) is 0.714. The highest BCUT2D eigenvalue weighted by Gasteiger charge is 2.47. The van der Waals surface area contributed by atoms with Gasteiger partial charge in [0.25, 0.3) is 0 Å². The van der Waals surface area contributed by atoms with Crippen LogP contribution < -0.4 is 0 Å². The van der Waals surface area contributed by atoms with Crippen LogP contribution in [0.2, 0.25) is 0 Å². The molecule has 124 valence electrons. The van der Waals surface area contributed by atoms with E-state index in [1.54, 1.807) is 0 Å². The second kappa shape index (κ2) is 6.70. The van der Waals surface area contributed by atoms with Gasteiger partial charge in [-0.25, -0.2) is 0 Å². The van der Waals surface area contributed by atoms with Crippen LogP contribution >= 0.6 is 0 Å². The highest BCUT2D eigenvalue weighted by Crippen LogP contribution is 2.53. The van der Waals surface area contributed by atoms with E-state index < -0.39 is 5.60 Å². The fourth-order valence-corrected chi connectivity index (χ4v) is 4.42. The van der Waals surface area contributed by atoms with Crippen LogP contribution in [-0.2, 0) is 4.79 Å². The third kappa shape index (κ3) is 3.22. The van der Waals surface area contributed by atoms with Crippen LogP contribution in [0.5, 0.6) is 0 Å². The first-order chi connectivity index (χ1) is 10.4. The Bertz CT molecular complexity index is 470. The molecule has 2 aliphatic carbocycles. The third-order valence-electron chi connectivity index (χ3n) is 6.18. The van der Waals surface area contributed by atoms with E-state index in [1.165, 1.54) is 5.57 Å². The van der Waals surface area contributed by atoms with Gasteiger partial charge in [0.15, 0.2) is 0 Å². The lowest BCUT2D eigenvalue weighted by atomic mass is 9.63. The number of carbonyl (C=O) groups excluding carboxylic acids is 1. The van der Waals surface area contributed by atoms with E-state index in [9.17, 15) is 9.90 Å². The van der Waals surface area contributed by atoms with Gasteiger partial charge in [-0.1, -0.05) is 51.5 Å². The molecule has 0 aliphatic heterocycles. The van der Waals surface area contributed by atoms with Crippen LogP contribution in [-0.4, -0.2) is 16.5 Å². The van der Waals surface area contributed by atoms with Crippen LogP contribution in [0.15, 0.2) is 23.8 Å². The number of rotatable bonds is 6. The van der Waals surface area contributed by atoms with Crippen molar-refractivity contribution in [3.63, 3.8) is 0 Å². The molecule has 2 nitrogen and oxygen atoms in total. The number of hydrogen-bond acceptors (Lipinski definition) is 2. The molecule has 0 unspecified atom stereocenters. The van der Waals surface area contributed by atoms with Gasteiger partial charge in [-0.15, -0.1) is 0 Å². The Morgan fingerprint density at radius 1 is 1.45 bits per heavy atom. The van der Waals surface area contributed by atoms with Gasteiger partial charge in [-0.2, -0.15) is 0 Å². The summed E-state index contributed by atoms with van der Waals surface area (Å²) in [4.78, 5) is 12.2. The third-order valence-corrected chi connectivity index (χ3v) is 6.18. The molecular formula is C20H32O2. The molecule has 1 fully saturated rings. The van der Waals surface area contributed by atoms with E-state index in [0.29, 0.717) is 11.7 Å². The Morgan fingerprint density at radius 3 is 2.77 bits per heavy atom. The van der Waals surface area contributed by atoms with Crippen molar-refractivity contribution in [3.05, 3.63) is 23.8 Å². The summed E-state index contributed by atoms with van der Waals surface area (Å²) in [6.07, 6.45) is 12.8. The van der Waals surface area contributed by atoms with Crippen LogP contribution in [0.25, 0.3) is 0 Å². The van der Waals surface area contributed by atoms with E-state index >= 15 is 0 Å². The Balaban J connectivity index is 2.03. The minimum absolute atomic E-state index is 0.0917. The summed E-state index contributed by atoms with van der Waals surface area (Å²) in [6.45, 7) is 8.61. The number of fused-ring (bicyclic) bond motifs is 1. The predicted octanol–water partition coefficient (Wildman–Crippen LogP) is 4.83. The molecular weight excluding hydrogens is 272 g/mol. The van der Waals surface area contributed by atoms with Gasteiger partial charge in [0.05, 0.1) is 5.60 Å². The maximum atomic E-state index is 12.2. The maximum Gasteiger partial charge on any atom is 0.137 e. The van der Waals surface area contributed by atoms with Gasteiger partial charge in [0.1, 0.15) is 5.78 Å². The van der Waals surface area contributed by atoms with Gasteiger partial charge < -0.3 is 5.11 Å². The zero-order chi connectivity index (χ0) is 16.4. The average molecular weight is 304 g/mol. The predicted molar refractivity (Wildman–Crippen MR) is 91.6 cm³/mol. The molecule has 2 heteroatoms. The first-order valence-electron chi connectivity index (χ1n) is 8.99. The zero-order valence-corrected chi connectivity index (χ0v) is 14.7. The van der Waals surface area contributed by atoms with Gasteiger partial charge in [0.2, 0.25) is 0 Å². The van der Waals surface area contributed by atoms with Crippen LogP contribution in [0.1, 0.15) is 72.6 Å². The SMILES string of the molecule is CCC(O)(/C=C/C[C@H](C)C1=CC[C@H]2C(=O)CCC[C@]12C)CC. The molecule has 22 heavy (non-hydrogen) atoms. The number of allylic oxidation sites excluding steroid dienone is 3. The monoisotopic (exact) mass is 304 g/mol. The van der Waals surface area contributed by atoms with Crippen molar-refractivity contribution in [3.8, 4) is 0 Å². The van der Waals surface area contributed by atoms with E-state index in [2.05, 4.69) is 26.0 Å². The molecule has 1 saturated carbocycles. The zero-order valence-electron chi connectivity index (χ0n) is 14.7. The number of carbonyl (C=O) groups is 1. The second-order valence-electron chi connectivity index (χ2n) is 7.53. The first-order valence-corrected chi connectivity index (χ1v) is 8.99. The van der Waals surface area contributed by atoms with Crippen molar-refractivity contribution in [2.24, 2.45) is 17.3 Å². The lowest BCUT2D eigenvalue weighted by Gasteiger charge is -2.40. The van der Waals surface area contributed by atoms with E-state index in [-0.39, 0.29) is 11.3 Å². The van der Waals surface area contributed by atoms with Gasteiger partial charge >= 0.3 is 0 Å². The molecule has 0 saturated heterocycles. The molecule has 0 bridgehead atoms. The summed E-state index contributed by atoms with van der Waals surface area (Å²) in [5.41, 5.74) is 0.914. The lowest BCUT2D eigenvalue weighted by Crippen LogP contribution is -2.36.